The highest BCUT2D eigenvalue weighted by molar-refractivity contribution is 5.98. The molecule has 3 aromatic rings. The number of hydrogen-bond acceptors (Lipinski definition) is 2. The highest BCUT2D eigenvalue weighted by Gasteiger charge is 2.17. The second-order valence-electron chi connectivity index (χ2n) is 5.13. The molecule has 0 spiro atoms. The maximum absolute atomic E-state index is 5.74. The van der Waals surface area contributed by atoms with Crippen LogP contribution in [0.15, 0.2) is 48.5 Å². The Morgan fingerprint density at radius 1 is 0.900 bits per heavy atom. The summed E-state index contributed by atoms with van der Waals surface area (Å²) < 4.78 is 11.2. The number of ether oxygens (including phenoxy) is 2. The molecule has 0 N–H and O–H groups in total. The van der Waals surface area contributed by atoms with Crippen molar-refractivity contribution in [2.75, 3.05) is 19.8 Å². The fourth-order valence-electron chi connectivity index (χ4n) is 2.74. The van der Waals surface area contributed by atoms with E-state index in [-0.39, 0.29) is 6.10 Å². The highest BCUT2D eigenvalue weighted by Crippen LogP contribution is 2.27. The van der Waals surface area contributed by atoms with Crippen LogP contribution in [0.3, 0.4) is 0 Å². The van der Waals surface area contributed by atoms with Gasteiger partial charge in [0, 0.05) is 0 Å². The van der Waals surface area contributed by atoms with Gasteiger partial charge in [0.25, 0.3) is 0 Å². The Morgan fingerprint density at radius 3 is 2.55 bits per heavy atom. The molecule has 1 unspecified atom stereocenters. The summed E-state index contributed by atoms with van der Waals surface area (Å²) in [5, 5.41) is 4.85. The van der Waals surface area contributed by atoms with E-state index in [1.807, 2.05) is 0 Å². The minimum atomic E-state index is 0.0135. The lowest BCUT2D eigenvalue weighted by molar-refractivity contribution is -0.0901. The van der Waals surface area contributed by atoms with E-state index in [4.69, 9.17) is 9.47 Å². The summed E-state index contributed by atoms with van der Waals surface area (Å²) in [4.78, 5) is 0. The van der Waals surface area contributed by atoms with Crippen LogP contribution in [-0.4, -0.2) is 19.8 Å². The van der Waals surface area contributed by atoms with Crippen LogP contribution in [0.4, 0.5) is 0 Å². The van der Waals surface area contributed by atoms with Gasteiger partial charge in [0.2, 0.25) is 0 Å². The quantitative estimate of drug-likeness (QED) is 0.620. The molecule has 4 rings (SSSR count). The van der Waals surface area contributed by atoms with Gasteiger partial charge in [-0.05, 0) is 45.3 Å². The summed E-state index contributed by atoms with van der Waals surface area (Å²) in [5.74, 6) is 0. The van der Waals surface area contributed by atoms with Crippen molar-refractivity contribution in [3.05, 3.63) is 60.2 Å². The van der Waals surface area contributed by atoms with Crippen molar-refractivity contribution in [2.45, 2.75) is 6.10 Å². The molecule has 0 bridgehead atoms. The molecule has 99 valence electrons. The second kappa shape index (κ2) is 4.89. The normalized spacial score (nSPS) is 19.5. The lowest BCUT2D eigenvalue weighted by Gasteiger charge is -2.23. The van der Waals surface area contributed by atoms with Crippen LogP contribution in [0.2, 0.25) is 0 Å². The topological polar surface area (TPSA) is 18.5 Å². The number of benzene rings is 3. The Bertz CT molecular complexity index is 758. The first kappa shape index (κ1) is 11.9. The molecule has 1 saturated heterocycles. The molecule has 1 aliphatic rings. The number of rotatable bonds is 1. The summed E-state index contributed by atoms with van der Waals surface area (Å²) >= 11 is 0. The van der Waals surface area contributed by atoms with Crippen LogP contribution in [-0.2, 0) is 9.47 Å². The van der Waals surface area contributed by atoms with E-state index < -0.39 is 0 Å². The first-order valence-electron chi connectivity index (χ1n) is 6.94. The molecule has 1 atom stereocenters. The second-order valence-corrected chi connectivity index (χ2v) is 5.13. The minimum absolute atomic E-state index is 0.0135. The molecular formula is C18H15O2. The van der Waals surface area contributed by atoms with E-state index in [0.717, 1.165) is 10.9 Å². The smallest absolute Gasteiger partial charge is 0.107 e. The van der Waals surface area contributed by atoms with Gasteiger partial charge in [0.05, 0.1) is 19.8 Å². The zero-order valence-corrected chi connectivity index (χ0v) is 11.1. The van der Waals surface area contributed by atoms with Crippen molar-refractivity contribution in [1.82, 2.24) is 0 Å². The standard InChI is InChI=1S/C18H15O2/c1-2-4-14-10-17-11-16(18-12-19-7-8-20-18)6-5-15(17)9-13(14)3-1/h1-6,9-10,18H,7-8,12H2. The summed E-state index contributed by atoms with van der Waals surface area (Å²) in [5.41, 5.74) is 1.08. The zero-order valence-electron chi connectivity index (χ0n) is 11.1. The number of fused-ring (bicyclic) bond motifs is 2. The molecular weight excluding hydrogens is 248 g/mol. The summed E-state index contributed by atoms with van der Waals surface area (Å²) in [6.45, 7) is 1.97. The molecule has 0 aliphatic carbocycles. The molecule has 0 saturated carbocycles. The molecule has 20 heavy (non-hydrogen) atoms. The fraction of sp³-hybridized carbons (Fsp3) is 0.222. The minimum Gasteiger partial charge on any atom is -0.376 e. The zero-order chi connectivity index (χ0) is 13.4. The largest absolute Gasteiger partial charge is 0.376 e. The fourth-order valence-corrected chi connectivity index (χ4v) is 2.74. The highest BCUT2D eigenvalue weighted by atomic mass is 16.6. The first-order chi connectivity index (χ1) is 9.90. The molecule has 3 aromatic carbocycles. The van der Waals surface area contributed by atoms with Crippen molar-refractivity contribution in [3.63, 3.8) is 0 Å². The van der Waals surface area contributed by atoms with Gasteiger partial charge in [-0.3, -0.25) is 0 Å². The van der Waals surface area contributed by atoms with Crippen LogP contribution < -0.4 is 0 Å². The average Bonchev–Trinajstić information content (AvgIpc) is 2.53. The van der Waals surface area contributed by atoms with E-state index in [1.165, 1.54) is 16.2 Å². The molecule has 1 heterocycles. The number of hydrogen-bond donors (Lipinski definition) is 0. The molecule has 2 heteroatoms. The SMILES string of the molecule is [c]1c(C2COCCO2)ccc2cc3ccccc3cc12. The van der Waals surface area contributed by atoms with Crippen LogP contribution in [0.25, 0.3) is 21.5 Å². The lowest BCUT2D eigenvalue weighted by Crippen LogP contribution is -2.21. The molecule has 2 nitrogen and oxygen atoms in total. The maximum Gasteiger partial charge on any atom is 0.107 e. The van der Waals surface area contributed by atoms with E-state index in [0.29, 0.717) is 19.8 Å². The van der Waals surface area contributed by atoms with E-state index in [1.54, 1.807) is 0 Å². The van der Waals surface area contributed by atoms with Crippen LogP contribution in [0.1, 0.15) is 11.7 Å². The third-order valence-corrected chi connectivity index (χ3v) is 3.80. The van der Waals surface area contributed by atoms with Gasteiger partial charge in [-0.1, -0.05) is 36.4 Å². The first-order valence-corrected chi connectivity index (χ1v) is 6.94. The third kappa shape index (κ3) is 2.07. The van der Waals surface area contributed by atoms with Crippen molar-refractivity contribution in [1.29, 1.82) is 0 Å². The van der Waals surface area contributed by atoms with Gasteiger partial charge in [-0.2, -0.15) is 0 Å². The average molecular weight is 263 g/mol. The van der Waals surface area contributed by atoms with Crippen LogP contribution in [0.5, 0.6) is 0 Å². The predicted molar refractivity (Wildman–Crippen MR) is 79.8 cm³/mol. The monoisotopic (exact) mass is 263 g/mol. The molecule has 1 aliphatic heterocycles. The van der Waals surface area contributed by atoms with Crippen molar-refractivity contribution >= 4 is 21.5 Å². The van der Waals surface area contributed by atoms with E-state index >= 15 is 0 Å². The predicted octanol–water partition coefficient (Wildman–Crippen LogP) is 3.88. The summed E-state index contributed by atoms with van der Waals surface area (Å²) in [7, 11) is 0. The molecule has 0 amide bonds. The Balaban J connectivity index is 1.83. The summed E-state index contributed by atoms with van der Waals surface area (Å²) in [6, 6.07) is 20.5. The molecule has 0 aromatic heterocycles. The van der Waals surface area contributed by atoms with Crippen LogP contribution in [0, 0.1) is 6.07 Å². The Morgan fingerprint density at radius 2 is 1.75 bits per heavy atom. The van der Waals surface area contributed by atoms with Gasteiger partial charge < -0.3 is 9.47 Å². The molecule has 1 radical (unpaired) electrons. The van der Waals surface area contributed by atoms with Gasteiger partial charge >= 0.3 is 0 Å². The maximum atomic E-state index is 5.74. The Labute approximate surface area is 117 Å². The van der Waals surface area contributed by atoms with E-state index in [9.17, 15) is 0 Å². The van der Waals surface area contributed by atoms with Gasteiger partial charge in [0.1, 0.15) is 6.10 Å². The summed E-state index contributed by atoms with van der Waals surface area (Å²) in [6.07, 6.45) is 0.0135. The van der Waals surface area contributed by atoms with Gasteiger partial charge in [-0.25, -0.2) is 0 Å². The molecule has 1 fully saturated rings. The van der Waals surface area contributed by atoms with Gasteiger partial charge in [0.15, 0.2) is 0 Å². The van der Waals surface area contributed by atoms with Crippen molar-refractivity contribution < 1.29 is 9.47 Å². The lowest BCUT2D eigenvalue weighted by atomic mass is 10.00. The van der Waals surface area contributed by atoms with E-state index in [2.05, 4.69) is 54.6 Å². The van der Waals surface area contributed by atoms with Crippen molar-refractivity contribution in [2.24, 2.45) is 0 Å². The Hall–Kier alpha value is -1.90. The third-order valence-electron chi connectivity index (χ3n) is 3.80. The van der Waals surface area contributed by atoms with Crippen molar-refractivity contribution in [3.8, 4) is 0 Å². The van der Waals surface area contributed by atoms with Gasteiger partial charge in [-0.15, -0.1) is 0 Å². The van der Waals surface area contributed by atoms with Crippen LogP contribution >= 0.6 is 0 Å². The Kier molecular flexibility index (Phi) is 2.91.